The molecule has 0 aromatic carbocycles. The van der Waals surface area contributed by atoms with Crippen molar-refractivity contribution in [3.8, 4) is 0 Å². The Balaban J connectivity index is 1.60. The Bertz CT molecular complexity index is 788. The molecule has 1 aromatic rings. The van der Waals surface area contributed by atoms with Crippen LogP contribution in [0.4, 0.5) is 0 Å². The summed E-state index contributed by atoms with van der Waals surface area (Å²) < 4.78 is 5.69. The summed E-state index contributed by atoms with van der Waals surface area (Å²) in [7, 11) is 0. The number of nitrogens with zero attached hydrogens (tertiary/aromatic N) is 1. The number of aromatic nitrogens is 1. The summed E-state index contributed by atoms with van der Waals surface area (Å²) in [5.41, 5.74) is 2.60. The van der Waals surface area contributed by atoms with Gasteiger partial charge in [-0.3, -0.25) is 0 Å². The van der Waals surface area contributed by atoms with Gasteiger partial charge in [0, 0.05) is 11.0 Å². The topological polar surface area (TPSA) is 46.3 Å². The Morgan fingerprint density at radius 3 is 2.58 bits per heavy atom. The van der Waals surface area contributed by atoms with Gasteiger partial charge in [0.15, 0.2) is 0 Å². The Morgan fingerprint density at radius 1 is 1.08 bits per heavy atom. The highest BCUT2D eigenvalue weighted by Gasteiger charge is 2.63. The van der Waals surface area contributed by atoms with E-state index in [4.69, 9.17) is 4.52 Å². The Labute approximate surface area is 157 Å². The molecule has 142 valence electrons. The van der Waals surface area contributed by atoms with Crippen molar-refractivity contribution in [1.82, 2.24) is 5.16 Å². The second-order valence-electron chi connectivity index (χ2n) is 10.9. The summed E-state index contributed by atoms with van der Waals surface area (Å²) in [5.74, 6) is 3.13. The third-order valence-electron chi connectivity index (χ3n) is 9.47. The Kier molecular flexibility index (Phi) is 3.17. The van der Waals surface area contributed by atoms with Crippen LogP contribution in [0.3, 0.4) is 0 Å². The van der Waals surface area contributed by atoms with E-state index in [1.54, 1.807) is 5.57 Å². The number of hydrogen-bond donors (Lipinski definition) is 1. The first-order valence-corrected chi connectivity index (χ1v) is 10.5. The lowest BCUT2D eigenvalue weighted by molar-refractivity contribution is -0.113. The van der Waals surface area contributed by atoms with Crippen LogP contribution in [0.1, 0.15) is 78.0 Å². The summed E-state index contributed by atoms with van der Waals surface area (Å²) in [5, 5.41) is 15.2. The standard InChI is InChI=1S/C23H33NO2/c1-20(2)18-7-6-15-16(21(18,3)12-14-13-24-26-19(14)20)8-10-22(4)17(15)9-11-23(22,5)25/h7,13,15-17,25H,6,8-12H2,1-5H3/t15-,16+,17-,21+,22-,23+/m1/s1. The van der Waals surface area contributed by atoms with Gasteiger partial charge in [-0.25, -0.2) is 0 Å². The van der Waals surface area contributed by atoms with Crippen LogP contribution < -0.4 is 0 Å². The molecule has 1 N–H and O–H groups in total. The first-order chi connectivity index (χ1) is 12.1. The van der Waals surface area contributed by atoms with E-state index in [1.165, 1.54) is 24.8 Å². The van der Waals surface area contributed by atoms with Gasteiger partial charge in [0.1, 0.15) is 5.76 Å². The molecule has 2 fully saturated rings. The van der Waals surface area contributed by atoms with Crippen LogP contribution >= 0.6 is 0 Å². The smallest absolute Gasteiger partial charge is 0.149 e. The van der Waals surface area contributed by atoms with E-state index in [0.717, 1.165) is 25.0 Å². The molecule has 1 heterocycles. The third-order valence-corrected chi connectivity index (χ3v) is 9.47. The van der Waals surface area contributed by atoms with Crippen LogP contribution in [0.15, 0.2) is 22.4 Å². The molecule has 0 saturated heterocycles. The van der Waals surface area contributed by atoms with Crippen molar-refractivity contribution < 1.29 is 9.63 Å². The average Bonchev–Trinajstić information content (AvgIpc) is 3.10. The first kappa shape index (κ1) is 17.0. The average molecular weight is 356 g/mol. The molecule has 1 aromatic heterocycles. The zero-order chi connectivity index (χ0) is 18.5. The third kappa shape index (κ3) is 1.81. The maximum Gasteiger partial charge on any atom is 0.149 e. The van der Waals surface area contributed by atoms with E-state index in [-0.39, 0.29) is 16.2 Å². The highest BCUT2D eigenvalue weighted by atomic mass is 16.5. The molecule has 0 amide bonds. The molecule has 0 spiro atoms. The Hall–Kier alpha value is -1.09. The van der Waals surface area contributed by atoms with Gasteiger partial charge in [-0.1, -0.05) is 30.7 Å². The van der Waals surface area contributed by atoms with Crippen molar-refractivity contribution in [3.63, 3.8) is 0 Å². The van der Waals surface area contributed by atoms with Gasteiger partial charge in [0.2, 0.25) is 0 Å². The van der Waals surface area contributed by atoms with Gasteiger partial charge in [-0.05, 0) is 87.9 Å². The van der Waals surface area contributed by atoms with Gasteiger partial charge in [-0.2, -0.15) is 0 Å². The highest BCUT2D eigenvalue weighted by Crippen LogP contribution is 2.68. The maximum absolute atomic E-state index is 11.1. The fourth-order valence-corrected chi connectivity index (χ4v) is 7.95. The molecule has 0 bridgehead atoms. The molecule has 26 heavy (non-hydrogen) atoms. The molecule has 2 saturated carbocycles. The fourth-order valence-electron chi connectivity index (χ4n) is 7.95. The summed E-state index contributed by atoms with van der Waals surface area (Å²) in [4.78, 5) is 0. The predicted octanol–water partition coefficient (Wildman–Crippen LogP) is 5.04. The monoisotopic (exact) mass is 355 g/mol. The Morgan fingerprint density at radius 2 is 1.81 bits per heavy atom. The van der Waals surface area contributed by atoms with Crippen molar-refractivity contribution >= 4 is 0 Å². The van der Waals surface area contributed by atoms with E-state index in [2.05, 4.69) is 45.9 Å². The highest BCUT2D eigenvalue weighted by molar-refractivity contribution is 5.44. The second-order valence-corrected chi connectivity index (χ2v) is 10.9. The first-order valence-electron chi connectivity index (χ1n) is 10.5. The quantitative estimate of drug-likeness (QED) is 0.663. The molecule has 0 aliphatic heterocycles. The molecular formula is C23H33NO2. The number of hydrogen-bond acceptors (Lipinski definition) is 3. The molecule has 6 atom stereocenters. The van der Waals surface area contributed by atoms with E-state index >= 15 is 0 Å². The number of allylic oxidation sites excluding steroid dienone is 2. The van der Waals surface area contributed by atoms with Crippen molar-refractivity contribution in [2.24, 2.45) is 28.6 Å². The minimum Gasteiger partial charge on any atom is -0.390 e. The minimum atomic E-state index is -0.499. The largest absolute Gasteiger partial charge is 0.390 e. The van der Waals surface area contributed by atoms with Crippen molar-refractivity contribution in [2.45, 2.75) is 84.2 Å². The van der Waals surface area contributed by atoms with Gasteiger partial charge in [-0.15, -0.1) is 0 Å². The molecule has 5 rings (SSSR count). The SMILES string of the molecule is CC1(C)C2=CC[C@H]3[C@H]4CC[C@](C)(O)[C@]4(C)CC[C@@H]3[C@]2(C)Cc2cnoc21. The van der Waals surface area contributed by atoms with Gasteiger partial charge < -0.3 is 9.63 Å². The molecule has 3 nitrogen and oxygen atoms in total. The second kappa shape index (κ2) is 4.84. The number of rotatable bonds is 0. The molecule has 3 heteroatoms. The zero-order valence-electron chi connectivity index (χ0n) is 16.9. The molecule has 4 aliphatic rings. The summed E-state index contributed by atoms with van der Waals surface area (Å²) in [6, 6.07) is 0. The van der Waals surface area contributed by atoms with Crippen LogP contribution in [0, 0.1) is 28.6 Å². The zero-order valence-corrected chi connectivity index (χ0v) is 16.9. The maximum atomic E-state index is 11.1. The lowest BCUT2D eigenvalue weighted by Gasteiger charge is -2.60. The van der Waals surface area contributed by atoms with Crippen molar-refractivity contribution in [1.29, 1.82) is 0 Å². The molecule has 0 unspecified atom stereocenters. The van der Waals surface area contributed by atoms with Crippen LogP contribution in [0.25, 0.3) is 0 Å². The molecule has 0 radical (unpaired) electrons. The predicted molar refractivity (Wildman–Crippen MR) is 102 cm³/mol. The van der Waals surface area contributed by atoms with E-state index in [9.17, 15) is 5.11 Å². The van der Waals surface area contributed by atoms with Gasteiger partial charge >= 0.3 is 0 Å². The lowest BCUT2D eigenvalue weighted by atomic mass is 9.44. The normalized spacial score (nSPS) is 48.8. The van der Waals surface area contributed by atoms with Crippen LogP contribution in [-0.2, 0) is 11.8 Å². The van der Waals surface area contributed by atoms with Crippen LogP contribution in [-0.4, -0.2) is 15.9 Å². The van der Waals surface area contributed by atoms with Gasteiger partial charge in [0.05, 0.1) is 11.8 Å². The van der Waals surface area contributed by atoms with Crippen molar-refractivity contribution in [2.75, 3.05) is 0 Å². The summed E-state index contributed by atoms with van der Waals surface area (Å²) >= 11 is 0. The minimum absolute atomic E-state index is 0.0638. The fraction of sp³-hybridized carbons (Fsp3) is 0.783. The van der Waals surface area contributed by atoms with Crippen molar-refractivity contribution in [3.05, 3.63) is 29.2 Å². The molecule has 4 aliphatic carbocycles. The van der Waals surface area contributed by atoms with E-state index in [1.807, 2.05) is 6.20 Å². The lowest BCUT2D eigenvalue weighted by Crippen LogP contribution is -2.55. The number of aliphatic hydroxyl groups is 1. The van der Waals surface area contributed by atoms with E-state index in [0.29, 0.717) is 17.8 Å². The molecular weight excluding hydrogens is 322 g/mol. The summed E-state index contributed by atoms with van der Waals surface area (Å²) in [6.07, 6.45) is 11.3. The van der Waals surface area contributed by atoms with Crippen LogP contribution in [0.2, 0.25) is 0 Å². The van der Waals surface area contributed by atoms with E-state index < -0.39 is 5.60 Å². The summed E-state index contributed by atoms with van der Waals surface area (Å²) in [6.45, 7) is 11.6. The van der Waals surface area contributed by atoms with Gasteiger partial charge in [0.25, 0.3) is 0 Å². The number of fused-ring (bicyclic) bond motifs is 6. The van der Waals surface area contributed by atoms with Crippen LogP contribution in [0.5, 0.6) is 0 Å².